The van der Waals surface area contributed by atoms with Gasteiger partial charge in [-0.3, -0.25) is 4.79 Å². The maximum atomic E-state index is 12.6. The lowest BCUT2D eigenvalue weighted by Gasteiger charge is -2.40. The molecule has 0 bridgehead atoms. The number of anilines is 1. The Morgan fingerprint density at radius 3 is 2.73 bits per heavy atom. The van der Waals surface area contributed by atoms with Gasteiger partial charge in [-0.1, -0.05) is 42.8 Å². The molecule has 0 spiro atoms. The number of aliphatic hydroxyl groups is 1. The molecule has 0 atom stereocenters. The van der Waals surface area contributed by atoms with Crippen LogP contribution in [0.3, 0.4) is 0 Å². The van der Waals surface area contributed by atoms with Gasteiger partial charge in [-0.25, -0.2) is 14.8 Å². The van der Waals surface area contributed by atoms with Crippen LogP contribution in [0.25, 0.3) is 15.9 Å². The molecule has 0 unspecified atom stereocenters. The first-order chi connectivity index (χ1) is 16.1. The first-order valence-corrected chi connectivity index (χ1v) is 11.0. The summed E-state index contributed by atoms with van der Waals surface area (Å²) in [6.45, 7) is 7.20. The van der Waals surface area contributed by atoms with Crippen LogP contribution in [0.15, 0.2) is 60.8 Å². The number of nitrogens with zero attached hydrogens (tertiary/aromatic N) is 3. The van der Waals surface area contributed by atoms with Crippen molar-refractivity contribution < 1.29 is 9.90 Å². The molecule has 1 amide bonds. The van der Waals surface area contributed by atoms with E-state index in [1.54, 1.807) is 24.3 Å². The van der Waals surface area contributed by atoms with Crippen LogP contribution >= 0.6 is 0 Å². The number of benzene rings is 2. The van der Waals surface area contributed by atoms with Crippen molar-refractivity contribution in [2.24, 2.45) is 0 Å². The number of carbonyl (C=O) groups is 1. The van der Waals surface area contributed by atoms with E-state index >= 15 is 0 Å². The highest BCUT2D eigenvalue weighted by Crippen LogP contribution is 2.48. The monoisotopic (exact) mass is 437 g/mol. The van der Waals surface area contributed by atoms with Crippen LogP contribution in [0.4, 0.5) is 11.5 Å². The summed E-state index contributed by atoms with van der Waals surface area (Å²) in [6, 6.07) is 16.4. The lowest BCUT2D eigenvalue weighted by molar-refractivity contribution is 0.102. The average Bonchev–Trinajstić information content (AvgIpc) is 3.25. The molecule has 5 rings (SSSR count). The molecule has 0 aliphatic heterocycles. The number of hydrogen-bond acceptors (Lipinski definition) is 4. The first-order valence-electron chi connectivity index (χ1n) is 11.0. The van der Waals surface area contributed by atoms with E-state index in [0.717, 1.165) is 47.2 Å². The molecule has 1 aliphatic carbocycles. The van der Waals surface area contributed by atoms with Gasteiger partial charge in [0.2, 0.25) is 0 Å². The third kappa shape index (κ3) is 3.75. The van der Waals surface area contributed by atoms with E-state index in [4.69, 9.17) is 11.6 Å². The third-order valence-electron chi connectivity index (χ3n) is 6.43. The minimum absolute atomic E-state index is 0.0890. The van der Waals surface area contributed by atoms with Crippen LogP contribution in [0, 0.1) is 6.57 Å². The smallest absolute Gasteiger partial charge is 0.255 e. The Morgan fingerprint density at radius 2 is 2.03 bits per heavy atom. The summed E-state index contributed by atoms with van der Waals surface area (Å²) in [7, 11) is 0. The summed E-state index contributed by atoms with van der Waals surface area (Å²) < 4.78 is 0. The summed E-state index contributed by atoms with van der Waals surface area (Å²) in [5.41, 5.74) is 4.59. The maximum absolute atomic E-state index is 12.6. The van der Waals surface area contributed by atoms with Gasteiger partial charge >= 0.3 is 0 Å². The van der Waals surface area contributed by atoms with Gasteiger partial charge in [-0.15, -0.1) is 0 Å². The number of aliphatic hydroxyl groups excluding tert-OH is 1. The summed E-state index contributed by atoms with van der Waals surface area (Å²) in [4.78, 5) is 28.9. The zero-order chi connectivity index (χ0) is 22.8. The van der Waals surface area contributed by atoms with Crippen LogP contribution in [-0.2, 0) is 11.8 Å². The fourth-order valence-corrected chi connectivity index (χ4v) is 4.49. The molecule has 2 aromatic heterocycles. The van der Waals surface area contributed by atoms with Gasteiger partial charge in [0.25, 0.3) is 5.91 Å². The number of nitrogens with one attached hydrogen (secondary N) is 2. The highest BCUT2D eigenvalue weighted by molar-refractivity contribution is 6.04. The van der Waals surface area contributed by atoms with E-state index in [2.05, 4.69) is 20.1 Å². The number of hydrogen-bond donors (Lipinski definition) is 3. The van der Waals surface area contributed by atoms with Crippen molar-refractivity contribution in [3.8, 4) is 0 Å². The van der Waals surface area contributed by atoms with E-state index in [9.17, 15) is 9.90 Å². The number of carbonyl (C=O) groups excluding carboxylic acids is 1. The fourth-order valence-electron chi connectivity index (χ4n) is 4.49. The van der Waals surface area contributed by atoms with Crippen molar-refractivity contribution in [2.75, 3.05) is 11.9 Å². The van der Waals surface area contributed by atoms with Gasteiger partial charge in [0.05, 0.1) is 23.0 Å². The van der Waals surface area contributed by atoms with E-state index in [1.807, 2.05) is 36.5 Å². The number of pyridine rings is 1. The Labute approximate surface area is 191 Å². The minimum Gasteiger partial charge on any atom is -0.396 e. The zero-order valence-electron chi connectivity index (χ0n) is 18.0. The van der Waals surface area contributed by atoms with Crippen LogP contribution in [0.2, 0.25) is 0 Å². The summed E-state index contributed by atoms with van der Waals surface area (Å²) >= 11 is 0. The average molecular weight is 438 g/mol. The second-order valence-electron chi connectivity index (χ2n) is 8.36. The number of amides is 1. The van der Waals surface area contributed by atoms with Crippen LogP contribution in [0.1, 0.15) is 46.6 Å². The summed E-state index contributed by atoms with van der Waals surface area (Å²) in [5, 5.41) is 12.2. The van der Waals surface area contributed by atoms with E-state index in [-0.39, 0.29) is 17.9 Å². The largest absolute Gasteiger partial charge is 0.396 e. The number of imidazole rings is 1. The van der Waals surface area contributed by atoms with E-state index in [0.29, 0.717) is 23.5 Å². The second kappa shape index (κ2) is 8.49. The number of para-hydroxylation sites is 1. The predicted octanol–water partition coefficient (Wildman–Crippen LogP) is 4.77. The zero-order valence-corrected chi connectivity index (χ0v) is 18.0. The van der Waals surface area contributed by atoms with Crippen molar-refractivity contribution in [1.82, 2.24) is 15.0 Å². The maximum Gasteiger partial charge on any atom is 0.255 e. The second-order valence-corrected chi connectivity index (χ2v) is 8.36. The van der Waals surface area contributed by atoms with Gasteiger partial charge < -0.3 is 15.4 Å². The molecule has 3 N–H and O–H groups in total. The topological polar surface area (TPSA) is 95.3 Å². The molecule has 2 aromatic carbocycles. The molecule has 1 saturated carbocycles. The summed E-state index contributed by atoms with van der Waals surface area (Å²) in [5.74, 6) is 1.08. The molecule has 1 fully saturated rings. The Kier molecular flexibility index (Phi) is 5.37. The molecule has 1 aliphatic rings. The molecule has 0 radical (unpaired) electrons. The molecule has 164 valence electrons. The van der Waals surface area contributed by atoms with Gasteiger partial charge in [0, 0.05) is 18.4 Å². The number of fused-ring (bicyclic) bond motifs is 1. The van der Waals surface area contributed by atoms with Crippen molar-refractivity contribution in [3.63, 3.8) is 0 Å². The highest BCUT2D eigenvalue weighted by Gasteiger charge is 2.43. The van der Waals surface area contributed by atoms with E-state index in [1.165, 1.54) is 0 Å². The molecular weight excluding hydrogens is 414 g/mol. The lowest BCUT2D eigenvalue weighted by Crippen LogP contribution is -2.36. The summed E-state index contributed by atoms with van der Waals surface area (Å²) in [6.07, 6.45) is 5.43. The molecule has 7 heteroatoms. The van der Waals surface area contributed by atoms with Gasteiger partial charge in [0.15, 0.2) is 5.69 Å². The molecule has 7 nitrogen and oxygen atoms in total. The lowest BCUT2D eigenvalue weighted by atomic mass is 9.64. The van der Waals surface area contributed by atoms with Crippen molar-refractivity contribution in [2.45, 2.75) is 31.1 Å². The minimum atomic E-state index is -0.298. The highest BCUT2D eigenvalue weighted by atomic mass is 16.3. The van der Waals surface area contributed by atoms with Gasteiger partial charge in [-0.2, -0.15) is 0 Å². The number of rotatable bonds is 6. The van der Waals surface area contributed by atoms with Gasteiger partial charge in [-0.05, 0) is 48.6 Å². The Morgan fingerprint density at radius 1 is 1.18 bits per heavy atom. The molecule has 2 heterocycles. The number of H-pyrrole nitrogens is 1. The Balaban J connectivity index is 1.41. The van der Waals surface area contributed by atoms with Crippen molar-refractivity contribution in [3.05, 3.63) is 94.7 Å². The van der Waals surface area contributed by atoms with Gasteiger partial charge in [0.1, 0.15) is 11.6 Å². The van der Waals surface area contributed by atoms with Crippen molar-refractivity contribution >= 4 is 28.4 Å². The number of aromatic nitrogens is 3. The quantitative estimate of drug-likeness (QED) is 0.379. The van der Waals surface area contributed by atoms with Crippen LogP contribution < -0.4 is 5.32 Å². The Bertz CT molecular complexity index is 1360. The molecule has 0 saturated heterocycles. The molecule has 33 heavy (non-hydrogen) atoms. The Hall–Kier alpha value is -4.02. The van der Waals surface area contributed by atoms with Crippen molar-refractivity contribution in [1.29, 1.82) is 0 Å². The predicted molar refractivity (Wildman–Crippen MR) is 126 cm³/mol. The fraction of sp³-hybridized carbons (Fsp3) is 0.231. The normalized spacial score (nSPS) is 14.4. The van der Waals surface area contributed by atoms with Crippen LogP contribution in [-0.4, -0.2) is 32.6 Å². The number of aromatic amines is 1. The van der Waals surface area contributed by atoms with E-state index < -0.39 is 0 Å². The SMILES string of the molecule is [C-]#[N+]c1cccc(C(=O)Nc2ccc(C3(c4nc5c(CCO)cccc5[nH]4)CCC3)cn2)c1. The standard InChI is InChI=1S/C26H23N5O2/c1-27-20-7-2-6-18(15-20)24(33)30-22-10-9-19(16-28-22)26(12-4-13-26)25-29-21-8-3-5-17(11-14-32)23(21)31-25/h2-3,5-10,15-16,32H,4,11-14H2,(H,29,31)(H,28,30,33). The first kappa shape index (κ1) is 20.9. The molecule has 4 aromatic rings. The molecular formula is C26H23N5O2. The third-order valence-corrected chi connectivity index (χ3v) is 6.43. The van der Waals surface area contributed by atoms with Crippen LogP contribution in [0.5, 0.6) is 0 Å².